The Morgan fingerprint density at radius 1 is 1.18 bits per heavy atom. The van der Waals surface area contributed by atoms with Crippen molar-refractivity contribution >= 4 is 16.8 Å². The fraction of sp³-hybridized carbons (Fsp3) is 0.167. The predicted molar refractivity (Wildman–Crippen MR) is 85.9 cm³/mol. The molecule has 2 aromatic carbocycles. The van der Waals surface area contributed by atoms with Crippen LogP contribution in [0.1, 0.15) is 35.4 Å². The lowest BCUT2D eigenvalue weighted by atomic mass is 9.93. The Bertz CT molecular complexity index is 895. The molecule has 1 atom stereocenters. The number of carbonyl (C=O) groups is 1. The summed E-state index contributed by atoms with van der Waals surface area (Å²) in [7, 11) is 0. The van der Waals surface area contributed by atoms with E-state index in [1.54, 1.807) is 18.2 Å². The van der Waals surface area contributed by atoms with Gasteiger partial charge in [0.05, 0.1) is 6.04 Å². The van der Waals surface area contributed by atoms with Gasteiger partial charge in [0.1, 0.15) is 11.4 Å². The second kappa shape index (κ2) is 4.63. The molecule has 3 aromatic rings. The number of amides is 1. The van der Waals surface area contributed by atoms with Gasteiger partial charge in [-0.3, -0.25) is 4.79 Å². The van der Waals surface area contributed by atoms with Crippen LogP contribution in [-0.4, -0.2) is 16.0 Å². The van der Waals surface area contributed by atoms with Crippen LogP contribution in [0.4, 0.5) is 0 Å². The van der Waals surface area contributed by atoms with E-state index in [-0.39, 0.29) is 17.7 Å². The molecule has 4 nitrogen and oxygen atoms in total. The zero-order valence-corrected chi connectivity index (χ0v) is 12.2. The zero-order chi connectivity index (χ0) is 15.3. The van der Waals surface area contributed by atoms with Crippen LogP contribution in [0.2, 0.25) is 0 Å². The molecule has 4 rings (SSSR count). The maximum Gasteiger partial charge on any atom is 0.268 e. The Morgan fingerprint density at radius 3 is 2.82 bits per heavy atom. The number of phenolic OH excluding ortho intramolecular Hbond substituents is 1. The first-order valence-electron chi connectivity index (χ1n) is 7.44. The molecule has 0 aliphatic carbocycles. The molecule has 0 spiro atoms. The Kier molecular flexibility index (Phi) is 2.73. The van der Waals surface area contributed by atoms with Crippen LogP contribution in [-0.2, 0) is 0 Å². The van der Waals surface area contributed by atoms with Crippen molar-refractivity contribution in [1.82, 2.24) is 10.3 Å². The van der Waals surface area contributed by atoms with Gasteiger partial charge >= 0.3 is 0 Å². The van der Waals surface area contributed by atoms with Gasteiger partial charge in [-0.05, 0) is 35.7 Å². The van der Waals surface area contributed by atoms with Gasteiger partial charge in [0, 0.05) is 16.5 Å². The summed E-state index contributed by atoms with van der Waals surface area (Å²) in [4.78, 5) is 15.8. The molecule has 0 saturated carbocycles. The summed E-state index contributed by atoms with van der Waals surface area (Å²) in [6, 6.07) is 13.2. The lowest BCUT2D eigenvalue weighted by molar-refractivity contribution is 0.0933. The molecule has 1 amide bonds. The first kappa shape index (κ1) is 13.0. The van der Waals surface area contributed by atoms with E-state index in [0.29, 0.717) is 5.69 Å². The number of phenols is 1. The molecule has 1 aliphatic rings. The fourth-order valence-electron chi connectivity index (χ4n) is 3.29. The summed E-state index contributed by atoms with van der Waals surface area (Å²) in [5, 5.41) is 13.8. The number of nitrogens with one attached hydrogen (secondary N) is 2. The van der Waals surface area contributed by atoms with Crippen molar-refractivity contribution in [2.75, 3.05) is 0 Å². The molecule has 110 valence electrons. The number of benzene rings is 2. The van der Waals surface area contributed by atoms with Crippen molar-refractivity contribution < 1.29 is 9.90 Å². The van der Waals surface area contributed by atoms with Crippen molar-refractivity contribution in [3.63, 3.8) is 0 Å². The Hall–Kier alpha value is -2.75. The molecule has 1 aromatic heterocycles. The first-order valence-corrected chi connectivity index (χ1v) is 7.44. The topological polar surface area (TPSA) is 65.1 Å². The normalized spacial score (nSPS) is 16.8. The Morgan fingerprint density at radius 2 is 2.00 bits per heavy atom. The standard InChI is InChI=1S/C18H16N2O2/c1-2-14-11-5-3-4-6-12(11)16-13-9-10(21)7-8-15(13)19-17(16)18(22)20-14/h3-9,14,19,21H,2H2,1H3,(H,20,22)/t14-/m1/s1. The summed E-state index contributed by atoms with van der Waals surface area (Å²) in [6.45, 7) is 2.06. The number of aromatic hydroxyl groups is 1. The zero-order valence-electron chi connectivity index (χ0n) is 12.2. The van der Waals surface area contributed by atoms with Crippen molar-refractivity contribution in [1.29, 1.82) is 0 Å². The SMILES string of the molecule is CC[C@H]1NC(=O)c2[nH]c3ccc(O)cc3c2-c2ccccc21. The van der Waals surface area contributed by atoms with Crippen LogP contribution >= 0.6 is 0 Å². The molecule has 2 heterocycles. The highest BCUT2D eigenvalue weighted by atomic mass is 16.3. The maximum atomic E-state index is 12.6. The van der Waals surface area contributed by atoms with Gasteiger partial charge in [-0.15, -0.1) is 0 Å². The molecule has 4 heteroatoms. The van der Waals surface area contributed by atoms with Gasteiger partial charge < -0.3 is 15.4 Å². The number of aromatic amines is 1. The molecule has 22 heavy (non-hydrogen) atoms. The minimum absolute atomic E-state index is 0.00291. The number of rotatable bonds is 1. The number of hydrogen-bond acceptors (Lipinski definition) is 2. The van der Waals surface area contributed by atoms with E-state index in [0.717, 1.165) is 34.0 Å². The van der Waals surface area contributed by atoms with E-state index in [9.17, 15) is 9.90 Å². The van der Waals surface area contributed by atoms with Crippen LogP contribution in [0.25, 0.3) is 22.0 Å². The number of aromatic nitrogens is 1. The molecule has 0 unspecified atom stereocenters. The van der Waals surface area contributed by atoms with Crippen molar-refractivity contribution in [3.8, 4) is 16.9 Å². The number of H-pyrrole nitrogens is 1. The summed E-state index contributed by atoms with van der Waals surface area (Å²) in [5.41, 5.74) is 4.43. The van der Waals surface area contributed by atoms with Crippen molar-refractivity contribution in [3.05, 3.63) is 53.7 Å². The summed E-state index contributed by atoms with van der Waals surface area (Å²) >= 11 is 0. The highest BCUT2D eigenvalue weighted by Crippen LogP contribution is 2.40. The number of hydrogen-bond donors (Lipinski definition) is 3. The van der Waals surface area contributed by atoms with Crippen LogP contribution in [0.15, 0.2) is 42.5 Å². The highest BCUT2D eigenvalue weighted by molar-refractivity contribution is 6.11. The minimum atomic E-state index is -0.103. The molecule has 1 aliphatic heterocycles. The van der Waals surface area contributed by atoms with Gasteiger partial charge in [0.15, 0.2) is 0 Å². The van der Waals surface area contributed by atoms with Gasteiger partial charge in [-0.2, -0.15) is 0 Å². The van der Waals surface area contributed by atoms with Gasteiger partial charge in [-0.1, -0.05) is 31.2 Å². The highest BCUT2D eigenvalue weighted by Gasteiger charge is 2.28. The van der Waals surface area contributed by atoms with Gasteiger partial charge in [0.2, 0.25) is 0 Å². The predicted octanol–water partition coefficient (Wildman–Crippen LogP) is 3.74. The summed E-state index contributed by atoms with van der Waals surface area (Å²) < 4.78 is 0. The molecule has 0 fully saturated rings. The smallest absolute Gasteiger partial charge is 0.268 e. The maximum absolute atomic E-state index is 12.6. The van der Waals surface area contributed by atoms with E-state index in [4.69, 9.17) is 0 Å². The van der Waals surface area contributed by atoms with Gasteiger partial charge in [-0.25, -0.2) is 0 Å². The molecular weight excluding hydrogens is 276 g/mol. The third-order valence-corrected chi connectivity index (χ3v) is 4.33. The molecule has 0 radical (unpaired) electrons. The third-order valence-electron chi connectivity index (χ3n) is 4.33. The second-order valence-electron chi connectivity index (χ2n) is 5.63. The van der Waals surface area contributed by atoms with Crippen LogP contribution in [0.5, 0.6) is 5.75 Å². The first-order chi connectivity index (χ1) is 10.7. The van der Waals surface area contributed by atoms with E-state index < -0.39 is 0 Å². The minimum Gasteiger partial charge on any atom is -0.508 e. The van der Waals surface area contributed by atoms with E-state index in [2.05, 4.69) is 23.3 Å². The molecule has 3 N–H and O–H groups in total. The fourth-order valence-corrected chi connectivity index (χ4v) is 3.29. The van der Waals surface area contributed by atoms with E-state index in [1.165, 1.54) is 0 Å². The number of carbonyl (C=O) groups excluding carboxylic acids is 1. The molecular formula is C18H16N2O2. The van der Waals surface area contributed by atoms with Crippen molar-refractivity contribution in [2.24, 2.45) is 0 Å². The van der Waals surface area contributed by atoms with Gasteiger partial charge in [0.25, 0.3) is 5.91 Å². The van der Waals surface area contributed by atoms with Crippen LogP contribution in [0.3, 0.4) is 0 Å². The molecule has 0 bridgehead atoms. The largest absolute Gasteiger partial charge is 0.508 e. The summed E-state index contributed by atoms with van der Waals surface area (Å²) in [6.07, 6.45) is 0.830. The number of fused-ring (bicyclic) bond motifs is 5. The monoisotopic (exact) mass is 292 g/mol. The summed E-state index contributed by atoms with van der Waals surface area (Å²) in [5.74, 6) is 0.0946. The van der Waals surface area contributed by atoms with E-state index in [1.807, 2.05) is 18.2 Å². The average Bonchev–Trinajstić information content (AvgIpc) is 2.85. The Balaban J connectivity index is 2.12. The second-order valence-corrected chi connectivity index (χ2v) is 5.63. The quantitative estimate of drug-likeness (QED) is 0.639. The van der Waals surface area contributed by atoms with Crippen LogP contribution in [0, 0.1) is 0 Å². The third kappa shape index (κ3) is 1.73. The van der Waals surface area contributed by atoms with Crippen molar-refractivity contribution in [2.45, 2.75) is 19.4 Å². The van der Waals surface area contributed by atoms with Crippen LogP contribution < -0.4 is 5.32 Å². The van der Waals surface area contributed by atoms with E-state index >= 15 is 0 Å². The Labute approximate surface area is 127 Å². The lowest BCUT2D eigenvalue weighted by Gasteiger charge is -2.16. The average molecular weight is 292 g/mol. The lowest BCUT2D eigenvalue weighted by Crippen LogP contribution is -2.27. The molecule has 0 saturated heterocycles.